The number of methoxy groups -OCH3 is 1. The number of hydrogen-bond donors (Lipinski definition) is 0. The lowest BCUT2D eigenvalue weighted by molar-refractivity contribution is -0.184. The zero-order valence-electron chi connectivity index (χ0n) is 23.4. The number of esters is 1. The van der Waals surface area contributed by atoms with Crippen LogP contribution in [0, 0.1) is 22.7 Å². The summed E-state index contributed by atoms with van der Waals surface area (Å²) in [5, 5.41) is 0. The second kappa shape index (κ2) is 8.98. The predicted octanol–water partition coefficient (Wildman–Crippen LogP) is 5.35. The van der Waals surface area contributed by atoms with Crippen LogP contribution in [0.2, 0.25) is 0 Å². The Morgan fingerprint density at radius 1 is 1.14 bits per heavy atom. The fourth-order valence-electron chi connectivity index (χ4n) is 7.93. The molecule has 0 spiro atoms. The first-order valence-corrected chi connectivity index (χ1v) is 13.7. The number of benzene rings is 1. The molecule has 2 saturated carbocycles. The van der Waals surface area contributed by atoms with Crippen LogP contribution in [0.5, 0.6) is 0 Å². The Bertz CT molecular complexity index is 1030. The summed E-state index contributed by atoms with van der Waals surface area (Å²) >= 11 is 0. The SMILES string of the molecule is COC(=O)[C@]1(Cc2ccccc2)C[C@@H](O[C@H]2C[C@@H]3[C@H]4CC[C@@](C)([C@@H]3O2)C4(C)C)CN1C(=O)OC(C)(C)C. The van der Waals surface area contributed by atoms with Crippen molar-refractivity contribution in [2.45, 2.75) is 103 Å². The molecule has 37 heavy (non-hydrogen) atoms. The second-order valence-corrected chi connectivity index (χ2v) is 13.4. The van der Waals surface area contributed by atoms with Crippen LogP contribution in [0.3, 0.4) is 0 Å². The molecule has 0 N–H and O–H groups in total. The lowest BCUT2D eigenvalue weighted by atomic mass is 9.70. The van der Waals surface area contributed by atoms with Crippen LogP contribution in [0.25, 0.3) is 0 Å². The summed E-state index contributed by atoms with van der Waals surface area (Å²) in [5.41, 5.74) is -0.547. The standard InChI is InChI=1S/C30H43NO6/c1-27(2,3)37-26(33)31-18-20(17-30(31,25(32)34-7)16-19-11-9-8-10-12-19)35-23-15-21-22-13-14-29(6,24(21)36-23)28(22,4)5/h8-12,20-24H,13-18H2,1-7H3/t20-,21-,22-,23-,24-,29+,30+/m1/s1. The van der Waals surface area contributed by atoms with Crippen LogP contribution in [-0.2, 0) is 30.2 Å². The summed E-state index contributed by atoms with van der Waals surface area (Å²) in [6, 6.07) is 9.73. The molecule has 7 heteroatoms. The summed E-state index contributed by atoms with van der Waals surface area (Å²) in [7, 11) is 1.37. The van der Waals surface area contributed by atoms with Crippen LogP contribution in [0.4, 0.5) is 4.79 Å². The van der Waals surface area contributed by atoms with E-state index in [0.717, 1.165) is 12.0 Å². The van der Waals surface area contributed by atoms with E-state index in [9.17, 15) is 9.59 Å². The third kappa shape index (κ3) is 4.26. The van der Waals surface area contributed by atoms with E-state index in [0.29, 0.717) is 24.7 Å². The van der Waals surface area contributed by atoms with Gasteiger partial charge in [0, 0.05) is 19.3 Å². The number of carbonyl (C=O) groups excluding carboxylic acids is 2. The van der Waals surface area contributed by atoms with Gasteiger partial charge in [-0.25, -0.2) is 9.59 Å². The van der Waals surface area contributed by atoms with E-state index in [2.05, 4.69) is 20.8 Å². The molecule has 2 aliphatic carbocycles. The van der Waals surface area contributed by atoms with Crippen molar-refractivity contribution < 1.29 is 28.5 Å². The highest BCUT2D eigenvalue weighted by Gasteiger charge is 2.69. The number of hydrogen-bond acceptors (Lipinski definition) is 6. The third-order valence-electron chi connectivity index (χ3n) is 10.0. The quantitative estimate of drug-likeness (QED) is 0.494. The molecule has 1 amide bonds. The van der Waals surface area contributed by atoms with E-state index in [4.69, 9.17) is 18.9 Å². The van der Waals surface area contributed by atoms with E-state index in [1.54, 1.807) is 0 Å². The monoisotopic (exact) mass is 513 g/mol. The van der Waals surface area contributed by atoms with Crippen molar-refractivity contribution in [3.05, 3.63) is 35.9 Å². The fourth-order valence-corrected chi connectivity index (χ4v) is 7.93. The summed E-state index contributed by atoms with van der Waals surface area (Å²) in [6.07, 6.45) is 2.93. The lowest BCUT2D eigenvalue weighted by Crippen LogP contribution is -2.56. The van der Waals surface area contributed by atoms with Gasteiger partial charge in [0.2, 0.25) is 0 Å². The first-order chi connectivity index (χ1) is 17.3. The molecule has 5 rings (SSSR count). The minimum atomic E-state index is -1.22. The Morgan fingerprint density at radius 3 is 2.46 bits per heavy atom. The average Bonchev–Trinajstić information content (AvgIpc) is 3.50. The minimum absolute atomic E-state index is 0.155. The van der Waals surface area contributed by atoms with Crippen molar-refractivity contribution in [1.82, 2.24) is 4.90 Å². The molecule has 0 radical (unpaired) electrons. The van der Waals surface area contributed by atoms with Crippen molar-refractivity contribution in [1.29, 1.82) is 0 Å². The first kappa shape index (κ1) is 26.5. The zero-order chi connectivity index (χ0) is 26.8. The maximum absolute atomic E-state index is 13.4. The number of amides is 1. The van der Waals surface area contributed by atoms with Crippen molar-refractivity contribution >= 4 is 12.1 Å². The number of carbonyl (C=O) groups is 2. The van der Waals surface area contributed by atoms with Crippen molar-refractivity contribution in [3.8, 4) is 0 Å². The molecule has 7 atom stereocenters. The molecule has 2 heterocycles. The molecule has 2 saturated heterocycles. The largest absolute Gasteiger partial charge is 0.467 e. The molecule has 2 aliphatic heterocycles. The maximum atomic E-state index is 13.4. The average molecular weight is 514 g/mol. The molecular weight excluding hydrogens is 470 g/mol. The molecule has 0 aromatic heterocycles. The summed E-state index contributed by atoms with van der Waals surface area (Å²) in [4.78, 5) is 28.4. The summed E-state index contributed by atoms with van der Waals surface area (Å²) in [5.74, 6) is 0.687. The topological polar surface area (TPSA) is 74.3 Å². The van der Waals surface area contributed by atoms with Gasteiger partial charge in [-0.15, -0.1) is 0 Å². The Morgan fingerprint density at radius 2 is 1.84 bits per heavy atom. The molecule has 204 valence electrons. The molecule has 1 aromatic carbocycles. The Labute approximate surface area is 221 Å². The van der Waals surface area contributed by atoms with Crippen molar-refractivity contribution in [3.63, 3.8) is 0 Å². The van der Waals surface area contributed by atoms with Crippen LogP contribution in [0.1, 0.15) is 72.8 Å². The fraction of sp³-hybridized carbons (Fsp3) is 0.733. The van der Waals surface area contributed by atoms with Crippen LogP contribution in [0.15, 0.2) is 30.3 Å². The van der Waals surface area contributed by atoms with Gasteiger partial charge in [-0.2, -0.15) is 0 Å². The molecule has 4 aliphatic rings. The van der Waals surface area contributed by atoms with Crippen LogP contribution >= 0.6 is 0 Å². The van der Waals surface area contributed by atoms with Crippen molar-refractivity contribution in [2.24, 2.45) is 22.7 Å². The number of ether oxygens (including phenoxy) is 4. The highest BCUT2D eigenvalue weighted by Crippen LogP contribution is 2.71. The zero-order valence-corrected chi connectivity index (χ0v) is 23.4. The highest BCUT2D eigenvalue weighted by molar-refractivity contribution is 5.87. The van der Waals surface area contributed by atoms with Gasteiger partial charge in [0.25, 0.3) is 0 Å². The van der Waals surface area contributed by atoms with E-state index in [-0.39, 0.29) is 35.9 Å². The normalized spacial score (nSPS) is 38.0. The van der Waals surface area contributed by atoms with Crippen LogP contribution < -0.4 is 0 Å². The van der Waals surface area contributed by atoms with E-state index < -0.39 is 23.2 Å². The number of likely N-dealkylation sites (tertiary alicyclic amines) is 1. The molecule has 0 unspecified atom stereocenters. The highest BCUT2D eigenvalue weighted by atomic mass is 16.7. The van der Waals surface area contributed by atoms with Crippen LogP contribution in [-0.4, -0.2) is 60.3 Å². The Kier molecular flexibility index (Phi) is 6.43. The smallest absolute Gasteiger partial charge is 0.411 e. The molecule has 7 nitrogen and oxygen atoms in total. The van der Waals surface area contributed by atoms with Gasteiger partial charge in [0.1, 0.15) is 5.60 Å². The van der Waals surface area contributed by atoms with E-state index >= 15 is 0 Å². The van der Waals surface area contributed by atoms with Gasteiger partial charge in [0.15, 0.2) is 11.8 Å². The molecule has 2 bridgehead atoms. The summed E-state index contributed by atoms with van der Waals surface area (Å²) < 4.78 is 24.2. The second-order valence-electron chi connectivity index (χ2n) is 13.4. The molecular formula is C30H43NO6. The van der Waals surface area contributed by atoms with E-state index in [1.807, 2.05) is 51.1 Å². The van der Waals surface area contributed by atoms with Gasteiger partial charge in [-0.1, -0.05) is 51.1 Å². The van der Waals surface area contributed by atoms with Gasteiger partial charge in [-0.3, -0.25) is 4.90 Å². The van der Waals surface area contributed by atoms with Crippen molar-refractivity contribution in [2.75, 3.05) is 13.7 Å². The molecule has 4 fully saturated rings. The molecule has 1 aromatic rings. The van der Waals surface area contributed by atoms with Gasteiger partial charge in [-0.05, 0) is 61.8 Å². The van der Waals surface area contributed by atoms with Gasteiger partial charge < -0.3 is 18.9 Å². The maximum Gasteiger partial charge on any atom is 0.411 e. The van der Waals surface area contributed by atoms with Gasteiger partial charge in [0.05, 0.1) is 25.9 Å². The number of nitrogens with zero attached hydrogens (tertiary/aromatic N) is 1. The number of fused-ring (bicyclic) bond motifs is 5. The predicted molar refractivity (Wildman–Crippen MR) is 139 cm³/mol. The number of rotatable bonds is 5. The Hall–Kier alpha value is -2.12. The van der Waals surface area contributed by atoms with Gasteiger partial charge >= 0.3 is 12.1 Å². The van der Waals surface area contributed by atoms with E-state index in [1.165, 1.54) is 24.9 Å². The lowest BCUT2D eigenvalue weighted by Gasteiger charge is -2.38. The third-order valence-corrected chi connectivity index (χ3v) is 10.0. The Balaban J connectivity index is 1.38. The minimum Gasteiger partial charge on any atom is -0.467 e. The first-order valence-electron chi connectivity index (χ1n) is 13.7. The summed E-state index contributed by atoms with van der Waals surface area (Å²) in [6.45, 7) is 12.9.